The minimum absolute atomic E-state index is 0.0702. The van der Waals surface area contributed by atoms with Gasteiger partial charge in [-0.3, -0.25) is 9.69 Å². The van der Waals surface area contributed by atoms with Gasteiger partial charge in [-0.05, 0) is 60.4 Å². The molecule has 2 aromatic carbocycles. The van der Waals surface area contributed by atoms with E-state index in [2.05, 4.69) is 9.80 Å². The maximum Gasteiger partial charge on any atom is 0.248 e. The lowest BCUT2D eigenvalue weighted by Gasteiger charge is -2.37. The number of benzene rings is 2. The van der Waals surface area contributed by atoms with Gasteiger partial charge in [0.25, 0.3) is 0 Å². The van der Waals surface area contributed by atoms with Gasteiger partial charge < -0.3 is 15.4 Å². The summed E-state index contributed by atoms with van der Waals surface area (Å²) in [6.07, 6.45) is 1.82. The van der Waals surface area contributed by atoms with E-state index in [0.717, 1.165) is 51.3 Å². The molecule has 4 rings (SSSR count). The highest BCUT2D eigenvalue weighted by atomic mass is 19.1. The number of rotatable bonds is 5. The van der Waals surface area contributed by atoms with E-state index in [0.29, 0.717) is 12.2 Å². The summed E-state index contributed by atoms with van der Waals surface area (Å²) in [5.74, 6) is -0.581. The van der Waals surface area contributed by atoms with E-state index in [9.17, 15) is 9.18 Å². The zero-order valence-electron chi connectivity index (χ0n) is 15.9. The first kappa shape index (κ1) is 18.9. The van der Waals surface area contributed by atoms with E-state index >= 15 is 0 Å². The molecule has 0 aromatic heterocycles. The van der Waals surface area contributed by atoms with Gasteiger partial charge in [0.2, 0.25) is 5.91 Å². The van der Waals surface area contributed by atoms with Gasteiger partial charge in [-0.25, -0.2) is 4.39 Å². The van der Waals surface area contributed by atoms with Crippen LogP contribution < -0.4 is 10.6 Å². The van der Waals surface area contributed by atoms with E-state index in [1.807, 2.05) is 24.3 Å². The van der Waals surface area contributed by atoms with Gasteiger partial charge >= 0.3 is 0 Å². The van der Waals surface area contributed by atoms with Crippen LogP contribution in [0.4, 0.5) is 10.1 Å². The SMILES string of the molecule is NC(=O)c1ccc2c(c1)CCOC2CCN1CCN(c2ccc(F)cc2)CC1. The minimum Gasteiger partial charge on any atom is -0.373 e. The lowest BCUT2D eigenvalue weighted by molar-refractivity contribution is 0.0289. The van der Waals surface area contributed by atoms with Crippen molar-refractivity contribution in [3.05, 3.63) is 65.0 Å². The third kappa shape index (κ3) is 4.18. The molecule has 1 unspecified atom stereocenters. The highest BCUT2D eigenvalue weighted by molar-refractivity contribution is 5.93. The molecule has 2 aromatic rings. The smallest absolute Gasteiger partial charge is 0.248 e. The third-order valence-electron chi connectivity index (χ3n) is 5.74. The number of ether oxygens (including phenoxy) is 1. The van der Waals surface area contributed by atoms with Crippen LogP contribution in [0.5, 0.6) is 0 Å². The minimum atomic E-state index is -0.384. The van der Waals surface area contributed by atoms with Gasteiger partial charge in [-0.15, -0.1) is 0 Å². The molecule has 2 N–H and O–H groups in total. The fraction of sp³-hybridized carbons (Fsp3) is 0.409. The lowest BCUT2D eigenvalue weighted by Crippen LogP contribution is -2.46. The Morgan fingerprint density at radius 2 is 1.86 bits per heavy atom. The maximum atomic E-state index is 13.1. The predicted molar refractivity (Wildman–Crippen MR) is 107 cm³/mol. The van der Waals surface area contributed by atoms with Gasteiger partial charge in [0, 0.05) is 44.0 Å². The molecular formula is C22H26FN3O2. The normalized spacial score (nSPS) is 20.0. The Morgan fingerprint density at radius 1 is 1.11 bits per heavy atom. The predicted octanol–water partition coefficient (Wildman–Crippen LogP) is 2.75. The van der Waals surface area contributed by atoms with Crippen LogP contribution in [0.1, 0.15) is 34.0 Å². The highest BCUT2D eigenvalue weighted by Gasteiger charge is 2.24. The number of anilines is 1. The molecule has 1 fully saturated rings. The summed E-state index contributed by atoms with van der Waals surface area (Å²) in [6, 6.07) is 12.4. The van der Waals surface area contributed by atoms with Gasteiger partial charge in [-0.2, -0.15) is 0 Å². The molecule has 6 heteroatoms. The standard InChI is InChI=1S/C22H26FN3O2/c23-18-2-4-19(5-3-18)26-12-10-25(11-13-26)9-7-21-20-6-1-17(22(24)27)15-16(20)8-14-28-21/h1-6,15,21H,7-14H2,(H2,24,27). The first-order valence-corrected chi connectivity index (χ1v) is 9.87. The summed E-state index contributed by atoms with van der Waals surface area (Å²) in [5, 5.41) is 0. The number of fused-ring (bicyclic) bond motifs is 1. The number of carbonyl (C=O) groups excluding carboxylic acids is 1. The molecule has 5 nitrogen and oxygen atoms in total. The molecule has 148 valence electrons. The topological polar surface area (TPSA) is 58.8 Å². The maximum absolute atomic E-state index is 13.1. The largest absolute Gasteiger partial charge is 0.373 e. The summed E-state index contributed by atoms with van der Waals surface area (Å²) in [5.41, 5.74) is 9.40. The number of nitrogens with zero attached hydrogens (tertiary/aromatic N) is 2. The van der Waals surface area contributed by atoms with E-state index in [1.165, 1.54) is 23.3 Å². The zero-order valence-corrected chi connectivity index (χ0v) is 15.9. The second kappa shape index (κ2) is 8.29. The Kier molecular flexibility index (Phi) is 5.59. The van der Waals surface area contributed by atoms with Crippen LogP contribution in [0, 0.1) is 5.82 Å². The van der Waals surface area contributed by atoms with E-state index < -0.39 is 0 Å². The molecule has 1 atom stereocenters. The van der Waals surface area contributed by atoms with E-state index in [1.54, 1.807) is 6.07 Å². The molecule has 0 bridgehead atoms. The number of hydrogen-bond donors (Lipinski definition) is 1. The Bertz CT molecular complexity index is 832. The summed E-state index contributed by atoms with van der Waals surface area (Å²) in [7, 11) is 0. The van der Waals surface area contributed by atoms with Crippen molar-refractivity contribution in [1.82, 2.24) is 4.90 Å². The van der Waals surface area contributed by atoms with Crippen molar-refractivity contribution < 1.29 is 13.9 Å². The van der Waals surface area contributed by atoms with Crippen LogP contribution in [-0.2, 0) is 11.2 Å². The second-order valence-electron chi connectivity index (χ2n) is 7.48. The third-order valence-corrected chi connectivity index (χ3v) is 5.74. The van der Waals surface area contributed by atoms with Crippen molar-refractivity contribution in [2.45, 2.75) is 18.9 Å². The van der Waals surface area contributed by atoms with Crippen LogP contribution in [0.15, 0.2) is 42.5 Å². The fourth-order valence-corrected chi connectivity index (χ4v) is 4.11. The van der Waals surface area contributed by atoms with Crippen molar-refractivity contribution in [3.8, 4) is 0 Å². The van der Waals surface area contributed by atoms with Crippen LogP contribution in [0.25, 0.3) is 0 Å². The van der Waals surface area contributed by atoms with Crippen LogP contribution in [0.2, 0.25) is 0 Å². The molecule has 2 aliphatic rings. The van der Waals surface area contributed by atoms with Crippen molar-refractivity contribution in [1.29, 1.82) is 0 Å². The molecule has 2 heterocycles. The summed E-state index contributed by atoms with van der Waals surface area (Å²) in [4.78, 5) is 16.2. The first-order valence-electron chi connectivity index (χ1n) is 9.87. The summed E-state index contributed by atoms with van der Waals surface area (Å²) in [6.45, 7) is 5.50. The Morgan fingerprint density at radius 3 is 2.57 bits per heavy atom. The highest BCUT2D eigenvalue weighted by Crippen LogP contribution is 2.30. The van der Waals surface area contributed by atoms with Gasteiger partial charge in [0.05, 0.1) is 12.7 Å². The Labute approximate surface area is 164 Å². The average molecular weight is 383 g/mol. The molecule has 2 aliphatic heterocycles. The number of halogens is 1. The molecule has 0 saturated carbocycles. The zero-order chi connectivity index (χ0) is 19.5. The van der Waals surface area contributed by atoms with Crippen molar-refractivity contribution >= 4 is 11.6 Å². The Balaban J connectivity index is 1.31. The monoisotopic (exact) mass is 383 g/mol. The number of carbonyl (C=O) groups is 1. The lowest BCUT2D eigenvalue weighted by atomic mass is 9.93. The van der Waals surface area contributed by atoms with Gasteiger partial charge in [-0.1, -0.05) is 6.07 Å². The Hall–Kier alpha value is -2.44. The fourth-order valence-electron chi connectivity index (χ4n) is 4.11. The quantitative estimate of drug-likeness (QED) is 0.863. The molecule has 1 saturated heterocycles. The van der Waals surface area contributed by atoms with Crippen molar-refractivity contribution in [2.75, 3.05) is 44.2 Å². The van der Waals surface area contributed by atoms with E-state index in [4.69, 9.17) is 10.5 Å². The van der Waals surface area contributed by atoms with Gasteiger partial charge in [0.1, 0.15) is 5.82 Å². The number of nitrogens with two attached hydrogens (primary N) is 1. The average Bonchev–Trinajstić information content (AvgIpc) is 2.72. The molecular weight excluding hydrogens is 357 g/mol. The molecule has 28 heavy (non-hydrogen) atoms. The second-order valence-corrected chi connectivity index (χ2v) is 7.48. The molecule has 1 amide bonds. The van der Waals surface area contributed by atoms with Crippen molar-refractivity contribution in [2.24, 2.45) is 5.73 Å². The first-order chi connectivity index (χ1) is 13.6. The summed E-state index contributed by atoms with van der Waals surface area (Å²) < 4.78 is 19.1. The number of primary amides is 1. The molecule has 0 spiro atoms. The summed E-state index contributed by atoms with van der Waals surface area (Å²) >= 11 is 0. The number of piperazine rings is 1. The van der Waals surface area contributed by atoms with Crippen LogP contribution in [0.3, 0.4) is 0 Å². The van der Waals surface area contributed by atoms with Crippen LogP contribution >= 0.6 is 0 Å². The van der Waals surface area contributed by atoms with E-state index in [-0.39, 0.29) is 17.8 Å². The van der Waals surface area contributed by atoms with Crippen molar-refractivity contribution in [3.63, 3.8) is 0 Å². The molecule has 0 radical (unpaired) electrons. The molecule has 0 aliphatic carbocycles. The number of amides is 1. The number of hydrogen-bond acceptors (Lipinski definition) is 4. The van der Waals surface area contributed by atoms with Crippen LogP contribution in [-0.4, -0.2) is 50.1 Å². The van der Waals surface area contributed by atoms with Gasteiger partial charge in [0.15, 0.2) is 0 Å².